The summed E-state index contributed by atoms with van der Waals surface area (Å²) in [6.07, 6.45) is 5.98. The van der Waals surface area contributed by atoms with Crippen molar-refractivity contribution in [2.75, 3.05) is 14.2 Å². The summed E-state index contributed by atoms with van der Waals surface area (Å²) in [4.78, 5) is 0. The minimum atomic E-state index is -0.156. The summed E-state index contributed by atoms with van der Waals surface area (Å²) in [6.45, 7) is 7.33. The minimum absolute atomic E-state index is 0.156. The Morgan fingerprint density at radius 1 is 1.41 bits per heavy atom. The zero-order chi connectivity index (χ0) is 12.9. The van der Waals surface area contributed by atoms with Gasteiger partial charge in [-0.1, -0.05) is 13.8 Å². The number of aromatic nitrogens is 2. The van der Waals surface area contributed by atoms with Gasteiger partial charge in [0.2, 0.25) is 0 Å². The van der Waals surface area contributed by atoms with Crippen LogP contribution in [-0.2, 0) is 11.3 Å². The number of likely N-dealkylation sites (N-methyl/N-ethyl adjacent to an activating group) is 1. The fraction of sp³-hybridized carbons (Fsp3) is 0.769. The first kappa shape index (κ1) is 14.2. The maximum atomic E-state index is 5.79. The standard InChI is InChI=1S/C13H25N3O/c1-6-13(7-2,17-5)12(14-4)11-9-15-16(8-3)10-11/h9-10,12,14H,6-8H2,1-5H3. The fourth-order valence-corrected chi connectivity index (χ4v) is 2.50. The van der Waals surface area contributed by atoms with Gasteiger partial charge in [-0.15, -0.1) is 0 Å². The molecule has 0 spiro atoms. The molecule has 0 radical (unpaired) electrons. The van der Waals surface area contributed by atoms with E-state index in [1.807, 2.05) is 17.9 Å². The summed E-state index contributed by atoms with van der Waals surface area (Å²) in [5.74, 6) is 0. The molecule has 0 aliphatic heterocycles. The van der Waals surface area contributed by atoms with Gasteiger partial charge in [0.05, 0.1) is 17.8 Å². The summed E-state index contributed by atoms with van der Waals surface area (Å²) >= 11 is 0. The molecule has 0 aliphatic rings. The van der Waals surface area contributed by atoms with Crippen molar-refractivity contribution in [3.05, 3.63) is 18.0 Å². The molecule has 0 saturated heterocycles. The molecule has 0 fully saturated rings. The van der Waals surface area contributed by atoms with Crippen molar-refractivity contribution < 1.29 is 4.74 Å². The Morgan fingerprint density at radius 3 is 2.41 bits per heavy atom. The number of hydrogen-bond donors (Lipinski definition) is 1. The summed E-state index contributed by atoms with van der Waals surface area (Å²) in [5.41, 5.74) is 1.04. The zero-order valence-electron chi connectivity index (χ0n) is 11.7. The van der Waals surface area contributed by atoms with Crippen LogP contribution in [0.25, 0.3) is 0 Å². The van der Waals surface area contributed by atoms with E-state index in [9.17, 15) is 0 Å². The average molecular weight is 239 g/mol. The van der Waals surface area contributed by atoms with Gasteiger partial charge in [0.1, 0.15) is 0 Å². The third kappa shape index (κ3) is 2.69. The van der Waals surface area contributed by atoms with E-state index in [0.29, 0.717) is 0 Å². The van der Waals surface area contributed by atoms with Gasteiger partial charge in [-0.2, -0.15) is 5.10 Å². The molecule has 1 N–H and O–H groups in total. The van der Waals surface area contributed by atoms with Crippen LogP contribution >= 0.6 is 0 Å². The number of methoxy groups -OCH3 is 1. The van der Waals surface area contributed by atoms with E-state index in [1.54, 1.807) is 7.11 Å². The van der Waals surface area contributed by atoms with Crippen LogP contribution in [0.15, 0.2) is 12.4 Å². The molecule has 4 nitrogen and oxygen atoms in total. The number of aryl methyl sites for hydroxylation is 1. The third-order valence-corrected chi connectivity index (χ3v) is 3.73. The van der Waals surface area contributed by atoms with Crippen molar-refractivity contribution in [3.63, 3.8) is 0 Å². The third-order valence-electron chi connectivity index (χ3n) is 3.73. The average Bonchev–Trinajstić information content (AvgIpc) is 2.84. The molecule has 0 bridgehead atoms. The summed E-state index contributed by atoms with van der Waals surface area (Å²) in [6, 6.07) is 0.183. The molecule has 1 heterocycles. The lowest BCUT2D eigenvalue weighted by molar-refractivity contribution is -0.0468. The second-order valence-corrected chi connectivity index (χ2v) is 4.33. The SMILES string of the molecule is CCn1cc(C(NC)C(CC)(CC)OC)cn1. The molecule has 1 rings (SSSR count). The lowest BCUT2D eigenvalue weighted by Gasteiger charge is -2.37. The van der Waals surface area contributed by atoms with Crippen LogP contribution < -0.4 is 5.32 Å². The molecule has 1 atom stereocenters. The van der Waals surface area contributed by atoms with Gasteiger partial charge in [-0.05, 0) is 26.8 Å². The van der Waals surface area contributed by atoms with E-state index in [-0.39, 0.29) is 11.6 Å². The molecule has 1 aromatic rings. The summed E-state index contributed by atoms with van der Waals surface area (Å²) < 4.78 is 7.74. The number of nitrogens with zero attached hydrogens (tertiary/aromatic N) is 2. The highest BCUT2D eigenvalue weighted by molar-refractivity contribution is 5.16. The molecule has 0 amide bonds. The second-order valence-electron chi connectivity index (χ2n) is 4.33. The number of hydrogen-bond acceptors (Lipinski definition) is 3. The van der Waals surface area contributed by atoms with E-state index < -0.39 is 0 Å². The molecule has 98 valence electrons. The van der Waals surface area contributed by atoms with Gasteiger partial charge in [0.15, 0.2) is 0 Å². The first-order valence-corrected chi connectivity index (χ1v) is 6.42. The van der Waals surface area contributed by atoms with Crippen LogP contribution in [0.1, 0.15) is 45.2 Å². The van der Waals surface area contributed by atoms with Crippen LogP contribution in [-0.4, -0.2) is 29.5 Å². The molecule has 4 heteroatoms. The van der Waals surface area contributed by atoms with Gasteiger partial charge in [-0.3, -0.25) is 4.68 Å². The van der Waals surface area contributed by atoms with Crippen LogP contribution in [0.2, 0.25) is 0 Å². The van der Waals surface area contributed by atoms with Gasteiger partial charge in [-0.25, -0.2) is 0 Å². The van der Waals surface area contributed by atoms with Crippen molar-refractivity contribution in [1.29, 1.82) is 0 Å². The molecule has 0 aliphatic carbocycles. The predicted molar refractivity (Wildman–Crippen MR) is 70.0 cm³/mol. The highest BCUT2D eigenvalue weighted by Gasteiger charge is 2.36. The van der Waals surface area contributed by atoms with E-state index >= 15 is 0 Å². The van der Waals surface area contributed by atoms with E-state index in [2.05, 4.69) is 37.4 Å². The van der Waals surface area contributed by atoms with Crippen LogP contribution in [0, 0.1) is 0 Å². The molecule has 17 heavy (non-hydrogen) atoms. The molecular weight excluding hydrogens is 214 g/mol. The van der Waals surface area contributed by atoms with Crippen molar-refractivity contribution in [2.45, 2.75) is 51.8 Å². The number of ether oxygens (including phenoxy) is 1. The Morgan fingerprint density at radius 2 is 2.06 bits per heavy atom. The molecule has 1 aromatic heterocycles. The second kappa shape index (κ2) is 6.17. The Balaban J connectivity index is 3.03. The lowest BCUT2D eigenvalue weighted by atomic mass is 9.85. The van der Waals surface area contributed by atoms with E-state index in [4.69, 9.17) is 4.74 Å². The van der Waals surface area contributed by atoms with Crippen LogP contribution in [0.5, 0.6) is 0 Å². The highest BCUT2D eigenvalue weighted by Crippen LogP contribution is 2.34. The Kier molecular flexibility index (Phi) is 5.15. The highest BCUT2D eigenvalue weighted by atomic mass is 16.5. The van der Waals surface area contributed by atoms with Crippen molar-refractivity contribution in [3.8, 4) is 0 Å². The van der Waals surface area contributed by atoms with Crippen LogP contribution in [0.3, 0.4) is 0 Å². The first-order valence-electron chi connectivity index (χ1n) is 6.42. The van der Waals surface area contributed by atoms with Gasteiger partial charge in [0, 0.05) is 25.4 Å². The fourth-order valence-electron chi connectivity index (χ4n) is 2.50. The Labute approximate surface area is 104 Å². The van der Waals surface area contributed by atoms with Gasteiger partial charge < -0.3 is 10.1 Å². The van der Waals surface area contributed by atoms with E-state index in [1.165, 1.54) is 5.56 Å². The number of rotatable bonds is 7. The van der Waals surface area contributed by atoms with Crippen molar-refractivity contribution in [2.24, 2.45) is 0 Å². The number of nitrogens with one attached hydrogen (secondary N) is 1. The van der Waals surface area contributed by atoms with Gasteiger partial charge >= 0.3 is 0 Å². The topological polar surface area (TPSA) is 39.1 Å². The smallest absolute Gasteiger partial charge is 0.0868 e. The lowest BCUT2D eigenvalue weighted by Crippen LogP contribution is -2.43. The zero-order valence-corrected chi connectivity index (χ0v) is 11.7. The quantitative estimate of drug-likeness (QED) is 0.794. The normalized spacial score (nSPS) is 13.9. The van der Waals surface area contributed by atoms with Crippen LogP contribution in [0.4, 0.5) is 0 Å². The van der Waals surface area contributed by atoms with Crippen molar-refractivity contribution >= 4 is 0 Å². The molecule has 0 saturated carbocycles. The summed E-state index contributed by atoms with van der Waals surface area (Å²) in [5, 5.41) is 7.71. The maximum Gasteiger partial charge on any atom is 0.0868 e. The molecule has 0 aromatic carbocycles. The molecule has 1 unspecified atom stereocenters. The van der Waals surface area contributed by atoms with Crippen molar-refractivity contribution in [1.82, 2.24) is 15.1 Å². The first-order chi connectivity index (χ1) is 8.17. The largest absolute Gasteiger partial charge is 0.376 e. The Hall–Kier alpha value is -0.870. The molecular formula is C13H25N3O. The van der Waals surface area contributed by atoms with E-state index in [0.717, 1.165) is 19.4 Å². The van der Waals surface area contributed by atoms with Gasteiger partial charge in [0.25, 0.3) is 0 Å². The summed E-state index contributed by atoms with van der Waals surface area (Å²) in [7, 11) is 3.77. The monoisotopic (exact) mass is 239 g/mol. The maximum absolute atomic E-state index is 5.79. The minimum Gasteiger partial charge on any atom is -0.376 e. The predicted octanol–water partition coefficient (Wildman–Crippen LogP) is 2.37. The Bertz CT molecular complexity index is 323.